The van der Waals surface area contributed by atoms with E-state index >= 15 is 0 Å². The zero-order valence-corrected chi connectivity index (χ0v) is 10.8. The fourth-order valence-corrected chi connectivity index (χ4v) is 1.67. The van der Waals surface area contributed by atoms with Gasteiger partial charge in [-0.2, -0.15) is 0 Å². The van der Waals surface area contributed by atoms with Crippen molar-refractivity contribution < 1.29 is 9.13 Å². The molecule has 1 rings (SSSR count). The Kier molecular flexibility index (Phi) is 6.82. The molecule has 0 bridgehead atoms. The van der Waals surface area contributed by atoms with E-state index in [9.17, 15) is 4.39 Å². The molecular formula is C14H22FNO. The summed E-state index contributed by atoms with van der Waals surface area (Å²) in [6.45, 7) is 4.44. The molecule has 0 spiro atoms. The van der Waals surface area contributed by atoms with E-state index in [2.05, 4.69) is 5.32 Å². The van der Waals surface area contributed by atoms with Crippen LogP contribution < -0.4 is 5.32 Å². The molecule has 17 heavy (non-hydrogen) atoms. The Hall–Kier alpha value is -0.930. The molecule has 2 nitrogen and oxygen atoms in total. The minimum Gasteiger partial charge on any atom is -0.383 e. The largest absolute Gasteiger partial charge is 0.383 e. The van der Waals surface area contributed by atoms with Crippen molar-refractivity contribution >= 4 is 0 Å². The van der Waals surface area contributed by atoms with Crippen LogP contribution in [0.15, 0.2) is 18.2 Å². The minimum absolute atomic E-state index is 0.0966. The summed E-state index contributed by atoms with van der Waals surface area (Å²) in [7, 11) is 1.70. The van der Waals surface area contributed by atoms with Crippen LogP contribution >= 0.6 is 0 Å². The van der Waals surface area contributed by atoms with E-state index in [1.807, 2.05) is 12.1 Å². The van der Waals surface area contributed by atoms with Crippen LogP contribution in [0.25, 0.3) is 0 Å². The van der Waals surface area contributed by atoms with Crippen molar-refractivity contribution in [3.8, 4) is 0 Å². The van der Waals surface area contributed by atoms with Crippen LogP contribution in [0.1, 0.15) is 24.0 Å². The number of aryl methyl sites for hydroxylation is 2. The maximum absolute atomic E-state index is 13.3. The number of methoxy groups -OCH3 is 1. The smallest absolute Gasteiger partial charge is 0.126 e. The normalized spacial score (nSPS) is 10.8. The fraction of sp³-hybridized carbons (Fsp3) is 0.571. The lowest BCUT2D eigenvalue weighted by atomic mass is 10.1. The molecule has 0 saturated carbocycles. The number of halogens is 1. The van der Waals surface area contributed by atoms with Crippen molar-refractivity contribution in [2.75, 3.05) is 26.8 Å². The predicted octanol–water partition coefficient (Wildman–Crippen LogP) is 2.69. The van der Waals surface area contributed by atoms with Crippen LogP contribution in [0.4, 0.5) is 4.39 Å². The third kappa shape index (κ3) is 5.80. The molecule has 1 N–H and O–H groups in total. The summed E-state index contributed by atoms with van der Waals surface area (Å²) in [5, 5.41) is 3.29. The molecule has 0 unspecified atom stereocenters. The van der Waals surface area contributed by atoms with E-state index in [4.69, 9.17) is 4.74 Å². The molecule has 0 aromatic heterocycles. The average molecular weight is 239 g/mol. The highest BCUT2D eigenvalue weighted by atomic mass is 19.1. The number of hydrogen-bond donors (Lipinski definition) is 1. The summed E-state index contributed by atoms with van der Waals surface area (Å²) in [5.74, 6) is -0.0966. The second-order valence-corrected chi connectivity index (χ2v) is 4.28. The zero-order valence-electron chi connectivity index (χ0n) is 10.8. The van der Waals surface area contributed by atoms with Crippen molar-refractivity contribution in [2.24, 2.45) is 0 Å². The van der Waals surface area contributed by atoms with Gasteiger partial charge in [0.25, 0.3) is 0 Å². The summed E-state index contributed by atoms with van der Waals surface area (Å²) < 4.78 is 18.2. The van der Waals surface area contributed by atoms with Crippen LogP contribution in [0.5, 0.6) is 0 Å². The first-order valence-electron chi connectivity index (χ1n) is 6.18. The molecule has 0 aliphatic rings. The van der Waals surface area contributed by atoms with Gasteiger partial charge in [-0.05, 0) is 49.9 Å². The highest BCUT2D eigenvalue weighted by Crippen LogP contribution is 2.11. The quantitative estimate of drug-likeness (QED) is 0.704. The Labute approximate surface area is 103 Å². The van der Waals surface area contributed by atoms with Crippen LogP contribution in [-0.4, -0.2) is 26.8 Å². The molecule has 0 atom stereocenters. The lowest BCUT2D eigenvalue weighted by molar-refractivity contribution is 0.199. The Morgan fingerprint density at radius 1 is 1.24 bits per heavy atom. The SMILES string of the molecule is COCCNCCCCc1ccc(C)c(F)c1. The lowest BCUT2D eigenvalue weighted by Crippen LogP contribution is -2.20. The van der Waals surface area contributed by atoms with Crippen LogP contribution in [0.3, 0.4) is 0 Å². The molecule has 0 aliphatic heterocycles. The van der Waals surface area contributed by atoms with Gasteiger partial charge in [0, 0.05) is 13.7 Å². The van der Waals surface area contributed by atoms with Crippen LogP contribution in [0, 0.1) is 12.7 Å². The summed E-state index contributed by atoms with van der Waals surface area (Å²) >= 11 is 0. The molecule has 1 aromatic carbocycles. The first-order chi connectivity index (χ1) is 8.24. The third-order valence-electron chi connectivity index (χ3n) is 2.79. The van der Waals surface area contributed by atoms with Crippen molar-refractivity contribution in [3.63, 3.8) is 0 Å². The number of ether oxygens (including phenoxy) is 1. The second kappa shape index (κ2) is 8.20. The molecular weight excluding hydrogens is 217 g/mol. The highest BCUT2D eigenvalue weighted by Gasteiger charge is 1.99. The van der Waals surface area contributed by atoms with Crippen molar-refractivity contribution in [1.82, 2.24) is 5.32 Å². The van der Waals surface area contributed by atoms with Gasteiger partial charge in [-0.1, -0.05) is 12.1 Å². The Morgan fingerprint density at radius 3 is 2.76 bits per heavy atom. The van der Waals surface area contributed by atoms with Gasteiger partial charge in [-0.25, -0.2) is 4.39 Å². The van der Waals surface area contributed by atoms with Gasteiger partial charge in [-0.15, -0.1) is 0 Å². The lowest BCUT2D eigenvalue weighted by Gasteiger charge is -2.05. The molecule has 0 amide bonds. The average Bonchev–Trinajstić information content (AvgIpc) is 2.32. The summed E-state index contributed by atoms with van der Waals surface area (Å²) in [4.78, 5) is 0. The Balaban J connectivity index is 2.11. The maximum atomic E-state index is 13.3. The van der Waals surface area contributed by atoms with Crippen molar-refractivity contribution in [3.05, 3.63) is 35.1 Å². The van der Waals surface area contributed by atoms with Crippen LogP contribution in [-0.2, 0) is 11.2 Å². The molecule has 1 aromatic rings. The molecule has 0 heterocycles. The topological polar surface area (TPSA) is 21.3 Å². The van der Waals surface area contributed by atoms with Gasteiger partial charge < -0.3 is 10.1 Å². The van der Waals surface area contributed by atoms with Gasteiger partial charge in [0.1, 0.15) is 5.82 Å². The molecule has 96 valence electrons. The van der Waals surface area contributed by atoms with Gasteiger partial charge in [0.05, 0.1) is 6.61 Å². The minimum atomic E-state index is -0.0966. The number of benzene rings is 1. The van der Waals surface area contributed by atoms with Crippen molar-refractivity contribution in [2.45, 2.75) is 26.2 Å². The van der Waals surface area contributed by atoms with Gasteiger partial charge in [-0.3, -0.25) is 0 Å². The summed E-state index contributed by atoms with van der Waals surface area (Å²) in [6.07, 6.45) is 3.14. The van der Waals surface area contributed by atoms with Gasteiger partial charge in [0.2, 0.25) is 0 Å². The van der Waals surface area contributed by atoms with E-state index in [0.29, 0.717) is 0 Å². The first kappa shape index (κ1) is 14.1. The maximum Gasteiger partial charge on any atom is 0.126 e. The van der Waals surface area contributed by atoms with E-state index in [-0.39, 0.29) is 5.82 Å². The van der Waals surface area contributed by atoms with E-state index in [0.717, 1.165) is 50.1 Å². The highest BCUT2D eigenvalue weighted by molar-refractivity contribution is 5.23. The number of unbranched alkanes of at least 4 members (excludes halogenated alkanes) is 1. The number of hydrogen-bond acceptors (Lipinski definition) is 2. The summed E-state index contributed by atoms with van der Waals surface area (Å²) in [6, 6.07) is 5.51. The predicted molar refractivity (Wildman–Crippen MR) is 68.8 cm³/mol. The monoisotopic (exact) mass is 239 g/mol. The molecule has 3 heteroatoms. The first-order valence-corrected chi connectivity index (χ1v) is 6.18. The molecule has 0 radical (unpaired) electrons. The van der Waals surface area contributed by atoms with Gasteiger partial charge >= 0.3 is 0 Å². The molecule has 0 fully saturated rings. The standard InChI is InChI=1S/C14H22FNO/c1-12-6-7-13(11-14(12)15)5-3-4-8-16-9-10-17-2/h6-7,11,16H,3-5,8-10H2,1-2H3. The number of rotatable bonds is 8. The van der Waals surface area contributed by atoms with Crippen LogP contribution in [0.2, 0.25) is 0 Å². The van der Waals surface area contributed by atoms with E-state index in [1.54, 1.807) is 20.1 Å². The Bertz CT molecular complexity index is 328. The number of nitrogens with one attached hydrogen (secondary N) is 1. The van der Waals surface area contributed by atoms with Gasteiger partial charge in [0.15, 0.2) is 0 Å². The van der Waals surface area contributed by atoms with E-state index in [1.165, 1.54) is 0 Å². The second-order valence-electron chi connectivity index (χ2n) is 4.28. The summed E-state index contributed by atoms with van der Waals surface area (Å²) in [5.41, 5.74) is 1.81. The van der Waals surface area contributed by atoms with Crippen molar-refractivity contribution in [1.29, 1.82) is 0 Å². The molecule has 0 aliphatic carbocycles. The Morgan fingerprint density at radius 2 is 2.06 bits per heavy atom. The molecule has 0 saturated heterocycles. The zero-order chi connectivity index (χ0) is 12.5. The van der Waals surface area contributed by atoms with E-state index < -0.39 is 0 Å². The fourth-order valence-electron chi connectivity index (χ4n) is 1.67. The third-order valence-corrected chi connectivity index (χ3v) is 2.79.